The van der Waals surface area contributed by atoms with Crippen LogP contribution in [-0.2, 0) is 15.6 Å². The van der Waals surface area contributed by atoms with Gasteiger partial charge in [0.15, 0.2) is 0 Å². The maximum Gasteiger partial charge on any atom is 0.240 e. The van der Waals surface area contributed by atoms with Gasteiger partial charge in [0.1, 0.15) is 5.41 Å². The number of nitrogens with zero attached hydrogens (tertiary/aromatic N) is 1. The van der Waals surface area contributed by atoms with Crippen molar-refractivity contribution in [2.24, 2.45) is 5.41 Å². The Labute approximate surface area is 105 Å². The minimum absolute atomic E-state index is 0.0889. The summed E-state index contributed by atoms with van der Waals surface area (Å²) in [6.07, 6.45) is 2.58. The molecule has 0 bridgehead atoms. The lowest BCUT2D eigenvalue weighted by atomic mass is 9.82. The monoisotopic (exact) mass is 256 g/mol. The largest absolute Gasteiger partial charge is 0.352 e. The molecule has 17 heavy (non-hydrogen) atoms. The van der Waals surface area contributed by atoms with Gasteiger partial charge in [-0.3, -0.25) is 9.00 Å². The molecule has 0 atom stereocenters. The third kappa shape index (κ3) is 3.29. The van der Waals surface area contributed by atoms with Crippen LogP contribution >= 0.6 is 0 Å². The third-order valence-electron chi connectivity index (χ3n) is 3.58. The predicted octanol–water partition coefficient (Wildman–Crippen LogP) is 1.34. The number of amides is 1. The number of nitriles is 1. The van der Waals surface area contributed by atoms with Crippen molar-refractivity contribution in [2.45, 2.75) is 45.6 Å². The first-order valence-corrected chi connectivity index (χ1v) is 7.64. The first-order chi connectivity index (χ1) is 8.07. The van der Waals surface area contributed by atoms with Gasteiger partial charge in [-0.1, -0.05) is 13.8 Å². The van der Waals surface area contributed by atoms with Gasteiger partial charge in [-0.05, 0) is 25.7 Å². The van der Waals surface area contributed by atoms with E-state index in [0.717, 1.165) is 12.8 Å². The van der Waals surface area contributed by atoms with Gasteiger partial charge in [0.05, 0.1) is 6.07 Å². The Morgan fingerprint density at radius 1 is 1.41 bits per heavy atom. The van der Waals surface area contributed by atoms with Crippen LogP contribution in [0.15, 0.2) is 0 Å². The smallest absolute Gasteiger partial charge is 0.240 e. The van der Waals surface area contributed by atoms with E-state index in [0.29, 0.717) is 24.3 Å². The van der Waals surface area contributed by atoms with Gasteiger partial charge in [-0.25, -0.2) is 0 Å². The summed E-state index contributed by atoms with van der Waals surface area (Å²) in [5.41, 5.74) is -0.892. The molecule has 0 aliphatic carbocycles. The first-order valence-electron chi connectivity index (χ1n) is 6.15. The van der Waals surface area contributed by atoms with Crippen LogP contribution in [-0.4, -0.2) is 27.7 Å². The summed E-state index contributed by atoms with van der Waals surface area (Å²) in [6.45, 7) is 3.73. The molecule has 0 unspecified atom stereocenters. The summed E-state index contributed by atoms with van der Waals surface area (Å²) < 4.78 is 11.2. The van der Waals surface area contributed by atoms with E-state index in [1.165, 1.54) is 0 Å². The highest BCUT2D eigenvalue weighted by Crippen LogP contribution is 2.26. The zero-order valence-electron chi connectivity index (χ0n) is 10.5. The van der Waals surface area contributed by atoms with E-state index in [4.69, 9.17) is 5.26 Å². The Kier molecular flexibility index (Phi) is 5.13. The van der Waals surface area contributed by atoms with Crippen molar-refractivity contribution in [2.75, 3.05) is 11.5 Å². The molecule has 5 heteroatoms. The van der Waals surface area contributed by atoms with Crippen LogP contribution in [0.2, 0.25) is 0 Å². The van der Waals surface area contributed by atoms with Gasteiger partial charge >= 0.3 is 0 Å². The molecule has 1 heterocycles. The molecule has 0 aromatic carbocycles. The molecule has 1 fully saturated rings. The summed E-state index contributed by atoms with van der Waals surface area (Å²) in [5, 5.41) is 12.1. The molecular weight excluding hydrogens is 236 g/mol. The molecule has 0 radical (unpaired) electrons. The summed E-state index contributed by atoms with van der Waals surface area (Å²) >= 11 is 0. The van der Waals surface area contributed by atoms with Crippen molar-refractivity contribution in [1.82, 2.24) is 5.32 Å². The second-order valence-corrected chi connectivity index (χ2v) is 6.19. The third-order valence-corrected chi connectivity index (χ3v) is 4.96. The number of carbonyl (C=O) groups is 1. The molecule has 1 aliphatic heterocycles. The van der Waals surface area contributed by atoms with Crippen LogP contribution in [0.5, 0.6) is 0 Å². The van der Waals surface area contributed by atoms with Crippen molar-refractivity contribution in [3.63, 3.8) is 0 Å². The summed E-state index contributed by atoms with van der Waals surface area (Å²) in [6, 6.07) is 2.23. The van der Waals surface area contributed by atoms with Crippen LogP contribution in [0.1, 0.15) is 39.5 Å². The molecule has 1 aliphatic rings. The summed E-state index contributed by atoms with van der Waals surface area (Å²) in [7, 11) is -0.719. The fourth-order valence-electron chi connectivity index (χ4n) is 2.04. The second kappa shape index (κ2) is 6.15. The van der Waals surface area contributed by atoms with Gasteiger partial charge in [0, 0.05) is 28.3 Å². The fourth-order valence-corrected chi connectivity index (χ4v) is 3.34. The quantitative estimate of drug-likeness (QED) is 0.825. The molecule has 96 valence electrons. The average Bonchev–Trinajstić information content (AvgIpc) is 2.35. The molecule has 1 rings (SSSR count). The van der Waals surface area contributed by atoms with Crippen LogP contribution in [0, 0.1) is 16.7 Å². The Morgan fingerprint density at radius 3 is 2.35 bits per heavy atom. The molecule has 0 aromatic rings. The Balaban J connectivity index is 2.59. The van der Waals surface area contributed by atoms with Crippen molar-refractivity contribution < 1.29 is 9.00 Å². The van der Waals surface area contributed by atoms with Crippen LogP contribution in [0.4, 0.5) is 0 Å². The van der Waals surface area contributed by atoms with Gasteiger partial charge in [-0.2, -0.15) is 5.26 Å². The lowest BCUT2D eigenvalue weighted by molar-refractivity contribution is -0.129. The molecule has 1 N–H and O–H groups in total. The highest BCUT2D eigenvalue weighted by molar-refractivity contribution is 7.85. The number of carbonyl (C=O) groups excluding carboxylic acids is 1. The first kappa shape index (κ1) is 14.2. The van der Waals surface area contributed by atoms with Crippen molar-refractivity contribution in [3.8, 4) is 6.07 Å². The second-order valence-electron chi connectivity index (χ2n) is 4.50. The van der Waals surface area contributed by atoms with Crippen molar-refractivity contribution in [1.29, 1.82) is 5.26 Å². The van der Waals surface area contributed by atoms with E-state index >= 15 is 0 Å². The molecule has 1 amide bonds. The van der Waals surface area contributed by atoms with E-state index in [2.05, 4.69) is 11.4 Å². The molecule has 4 nitrogen and oxygen atoms in total. The van der Waals surface area contributed by atoms with E-state index in [1.807, 2.05) is 13.8 Å². The molecular formula is C12H20N2O2S. The minimum atomic E-state index is -0.892. The van der Waals surface area contributed by atoms with Crippen molar-refractivity contribution in [3.05, 3.63) is 0 Å². The zero-order chi connectivity index (χ0) is 12.9. The van der Waals surface area contributed by atoms with Crippen LogP contribution in [0.3, 0.4) is 0 Å². The lowest BCUT2D eigenvalue weighted by Gasteiger charge is -2.28. The van der Waals surface area contributed by atoms with Gasteiger partial charge in [0.25, 0.3) is 0 Å². The minimum Gasteiger partial charge on any atom is -0.352 e. The highest BCUT2D eigenvalue weighted by Gasteiger charge is 2.36. The standard InChI is InChI=1S/C12H20N2O2S/c1-3-12(4-2,9-13)11(15)14-10-5-7-17(16)8-6-10/h10H,3-8H2,1-2H3,(H,14,15). The average molecular weight is 256 g/mol. The molecule has 1 saturated heterocycles. The molecule has 0 saturated carbocycles. The van der Waals surface area contributed by atoms with Gasteiger partial charge in [-0.15, -0.1) is 0 Å². The van der Waals surface area contributed by atoms with E-state index in [-0.39, 0.29) is 11.9 Å². The van der Waals surface area contributed by atoms with Gasteiger partial charge in [0.2, 0.25) is 5.91 Å². The van der Waals surface area contributed by atoms with Crippen LogP contribution < -0.4 is 5.32 Å². The number of rotatable bonds is 4. The maximum absolute atomic E-state index is 12.1. The number of hydrogen-bond donors (Lipinski definition) is 1. The molecule has 0 spiro atoms. The predicted molar refractivity (Wildman–Crippen MR) is 67.7 cm³/mol. The zero-order valence-corrected chi connectivity index (χ0v) is 11.3. The Hall–Kier alpha value is -0.890. The van der Waals surface area contributed by atoms with Gasteiger partial charge < -0.3 is 5.32 Å². The Morgan fingerprint density at radius 2 is 1.94 bits per heavy atom. The highest BCUT2D eigenvalue weighted by atomic mass is 32.2. The lowest BCUT2D eigenvalue weighted by Crippen LogP contribution is -2.46. The Bertz CT molecular complexity index is 335. The van der Waals surface area contributed by atoms with Crippen LogP contribution in [0.25, 0.3) is 0 Å². The SMILES string of the molecule is CCC(C#N)(CC)C(=O)NC1CCS(=O)CC1. The summed E-state index contributed by atoms with van der Waals surface area (Å²) in [5.74, 6) is 1.15. The topological polar surface area (TPSA) is 70.0 Å². The number of nitrogens with one attached hydrogen (secondary N) is 1. The normalized spacial score (nSPS) is 25.0. The fraction of sp³-hybridized carbons (Fsp3) is 0.833. The maximum atomic E-state index is 12.1. The number of hydrogen-bond acceptors (Lipinski definition) is 3. The van der Waals surface area contributed by atoms with E-state index in [1.54, 1.807) is 0 Å². The van der Waals surface area contributed by atoms with Crippen molar-refractivity contribution >= 4 is 16.7 Å². The van der Waals surface area contributed by atoms with E-state index < -0.39 is 16.2 Å². The molecule has 0 aromatic heterocycles. The van der Waals surface area contributed by atoms with E-state index in [9.17, 15) is 9.00 Å². The summed E-state index contributed by atoms with van der Waals surface area (Å²) in [4.78, 5) is 12.1.